The molecule has 0 radical (unpaired) electrons. The van der Waals surface area contributed by atoms with E-state index in [1.165, 1.54) is 75.7 Å². The predicted molar refractivity (Wildman–Crippen MR) is 235 cm³/mol. The van der Waals surface area contributed by atoms with Gasteiger partial charge in [0.1, 0.15) is 5.82 Å². The minimum Gasteiger partial charge on any atom is -0.309 e. The minimum absolute atomic E-state index is 0.534. The highest BCUT2D eigenvalue weighted by Crippen LogP contribution is 2.61. The van der Waals surface area contributed by atoms with Gasteiger partial charge < -0.3 is 4.57 Å². The molecule has 0 bridgehead atoms. The molecule has 1 spiro atoms. The second-order valence-electron chi connectivity index (χ2n) is 15.2. The maximum Gasteiger partial charge on any atom is 0.139 e. The average Bonchev–Trinajstić information content (AvgIpc) is 3.91. The van der Waals surface area contributed by atoms with Crippen LogP contribution in [0.4, 0.5) is 0 Å². The Kier molecular flexibility index (Phi) is 6.52. The van der Waals surface area contributed by atoms with E-state index < -0.39 is 5.41 Å². The molecule has 0 unspecified atom stereocenters. The smallest absolute Gasteiger partial charge is 0.139 e. The van der Waals surface area contributed by atoms with Gasteiger partial charge in [0, 0.05) is 56.0 Å². The van der Waals surface area contributed by atoms with Gasteiger partial charge >= 0.3 is 0 Å². The van der Waals surface area contributed by atoms with Crippen LogP contribution in [0.3, 0.4) is 0 Å². The zero-order valence-electron chi connectivity index (χ0n) is 31.0. The lowest BCUT2D eigenvalue weighted by Gasteiger charge is -2.39. The Morgan fingerprint density at radius 2 is 0.931 bits per heavy atom. The first kappa shape index (κ1) is 31.9. The highest BCUT2D eigenvalue weighted by Gasteiger charge is 2.51. The van der Waals surface area contributed by atoms with Gasteiger partial charge in [0.15, 0.2) is 0 Å². The third kappa shape index (κ3) is 4.19. The molecule has 270 valence electrons. The van der Waals surface area contributed by atoms with E-state index in [9.17, 15) is 0 Å². The zero-order valence-corrected chi connectivity index (χ0v) is 31.9. The Labute approximate surface area is 337 Å². The summed E-state index contributed by atoms with van der Waals surface area (Å²) in [5, 5.41) is 4.87. The normalized spacial score (nSPS) is 13.6. The van der Waals surface area contributed by atoms with Gasteiger partial charge in [0.25, 0.3) is 0 Å². The van der Waals surface area contributed by atoms with Gasteiger partial charge in [-0.15, -0.1) is 0 Å². The van der Waals surface area contributed by atoms with Crippen LogP contribution in [0.5, 0.6) is 0 Å². The Balaban J connectivity index is 1.00. The quantitative estimate of drug-likeness (QED) is 0.180. The molecule has 6 heterocycles. The second-order valence-corrected chi connectivity index (χ2v) is 16.3. The summed E-state index contributed by atoms with van der Waals surface area (Å²) in [6, 6.07) is 61.7. The molecular weight excluding hydrogens is 727 g/mol. The van der Waals surface area contributed by atoms with Crippen LogP contribution >= 0.6 is 11.8 Å². The van der Waals surface area contributed by atoms with Crippen molar-refractivity contribution >= 4 is 55.4 Å². The van der Waals surface area contributed by atoms with Crippen LogP contribution in [0.1, 0.15) is 22.3 Å². The summed E-state index contributed by atoms with van der Waals surface area (Å²) in [5.74, 6) is 0.880. The number of fused-ring (bicyclic) bond motifs is 15. The molecule has 0 fully saturated rings. The van der Waals surface area contributed by atoms with Crippen molar-refractivity contribution in [3.63, 3.8) is 0 Å². The molecule has 5 aromatic heterocycles. The fourth-order valence-corrected chi connectivity index (χ4v) is 11.2. The summed E-state index contributed by atoms with van der Waals surface area (Å²) < 4.78 is 4.67. The van der Waals surface area contributed by atoms with Gasteiger partial charge in [-0.05, 0) is 100 Å². The summed E-state index contributed by atoms with van der Waals surface area (Å²) in [6.07, 6.45) is 5.71. The largest absolute Gasteiger partial charge is 0.309 e. The van der Waals surface area contributed by atoms with Gasteiger partial charge in [0.2, 0.25) is 0 Å². The molecule has 1 aliphatic heterocycles. The molecule has 0 N–H and O–H groups in total. The number of nitrogens with zero attached hydrogens (tertiary/aromatic N) is 5. The molecule has 6 heteroatoms. The van der Waals surface area contributed by atoms with Crippen LogP contribution in [0.2, 0.25) is 0 Å². The number of hydrogen-bond donors (Lipinski definition) is 0. The average molecular weight is 758 g/mol. The molecular formula is C52H31N5S. The van der Waals surface area contributed by atoms with Crippen molar-refractivity contribution in [2.24, 2.45) is 0 Å². The number of aromatic nitrogens is 5. The van der Waals surface area contributed by atoms with Crippen molar-refractivity contribution in [1.29, 1.82) is 0 Å². The van der Waals surface area contributed by atoms with Crippen LogP contribution in [-0.4, -0.2) is 24.1 Å². The highest BCUT2D eigenvalue weighted by molar-refractivity contribution is 7.99. The maximum atomic E-state index is 5.01. The number of benzene rings is 6. The summed E-state index contributed by atoms with van der Waals surface area (Å²) in [5.41, 5.74) is 14.3. The van der Waals surface area contributed by atoms with Crippen molar-refractivity contribution in [2.45, 2.75) is 15.2 Å². The maximum absolute atomic E-state index is 5.01. The summed E-state index contributed by atoms with van der Waals surface area (Å²) in [7, 11) is 0. The first-order valence-electron chi connectivity index (χ1n) is 19.6. The van der Waals surface area contributed by atoms with E-state index in [-0.39, 0.29) is 0 Å². The molecule has 0 atom stereocenters. The first-order chi connectivity index (χ1) is 28.8. The third-order valence-electron chi connectivity index (χ3n) is 12.3. The minimum atomic E-state index is -0.534. The Hall–Kier alpha value is -7.28. The molecule has 6 aromatic carbocycles. The lowest BCUT2D eigenvalue weighted by Crippen LogP contribution is -2.32. The van der Waals surface area contributed by atoms with Crippen molar-refractivity contribution in [3.05, 3.63) is 211 Å². The van der Waals surface area contributed by atoms with Crippen molar-refractivity contribution < 1.29 is 0 Å². The lowest BCUT2D eigenvalue weighted by atomic mass is 9.67. The monoisotopic (exact) mass is 757 g/mol. The standard InChI is InChI=1S/C52H31N5S/c1-5-17-43-35(11-1)36-12-2-6-18-44(36)56(43)34-25-28-53-49(31-34)57-45-19-7-3-13-37(45)38-29-32(21-23-46(38)57)33-22-24-48-42(30-33)52(39-14-4-8-20-47(39)58-48)40-15-9-26-54-50(40)51-41(52)16-10-27-55-51/h1-31H. The SMILES string of the molecule is c1ccc2c(c1)Sc1ccc(-c3ccc4c(c3)c3ccccc3n4-c3cc(-n4c5ccccc5c5ccccc54)ccn3)cc1C21c2cccnc2-c2ncccc21. The molecule has 0 saturated carbocycles. The molecule has 58 heavy (non-hydrogen) atoms. The zero-order chi connectivity index (χ0) is 38.0. The summed E-state index contributed by atoms with van der Waals surface area (Å²) in [4.78, 5) is 17.4. The van der Waals surface area contributed by atoms with E-state index in [0.717, 1.165) is 33.9 Å². The molecule has 11 aromatic rings. The van der Waals surface area contributed by atoms with E-state index in [2.05, 4.69) is 179 Å². The van der Waals surface area contributed by atoms with Crippen LogP contribution in [0, 0.1) is 0 Å². The lowest BCUT2D eigenvalue weighted by molar-refractivity contribution is 0.720. The fourth-order valence-electron chi connectivity index (χ4n) is 10.0. The number of para-hydroxylation sites is 3. The van der Waals surface area contributed by atoms with Crippen molar-refractivity contribution in [3.8, 4) is 34.0 Å². The molecule has 5 nitrogen and oxygen atoms in total. The van der Waals surface area contributed by atoms with Gasteiger partial charge in [-0.3, -0.25) is 14.5 Å². The Bertz CT molecular complexity index is 3420. The molecule has 2 aliphatic rings. The molecule has 1 aliphatic carbocycles. The van der Waals surface area contributed by atoms with Crippen LogP contribution in [0.15, 0.2) is 198 Å². The van der Waals surface area contributed by atoms with Crippen LogP contribution in [-0.2, 0) is 5.41 Å². The van der Waals surface area contributed by atoms with Gasteiger partial charge in [-0.25, -0.2) is 4.98 Å². The van der Waals surface area contributed by atoms with E-state index in [4.69, 9.17) is 15.0 Å². The Morgan fingerprint density at radius 1 is 0.379 bits per heavy atom. The van der Waals surface area contributed by atoms with E-state index in [1.807, 2.05) is 30.4 Å². The van der Waals surface area contributed by atoms with E-state index in [0.29, 0.717) is 0 Å². The third-order valence-corrected chi connectivity index (χ3v) is 13.5. The summed E-state index contributed by atoms with van der Waals surface area (Å²) in [6.45, 7) is 0. The van der Waals surface area contributed by atoms with Crippen molar-refractivity contribution in [2.75, 3.05) is 0 Å². The molecule has 0 saturated heterocycles. The number of hydrogen-bond acceptors (Lipinski definition) is 4. The van der Waals surface area contributed by atoms with Crippen LogP contribution in [0.25, 0.3) is 77.6 Å². The molecule has 0 amide bonds. The van der Waals surface area contributed by atoms with Gasteiger partial charge in [-0.1, -0.05) is 109 Å². The number of pyridine rings is 3. The topological polar surface area (TPSA) is 48.5 Å². The molecule has 13 rings (SSSR count). The summed E-state index contributed by atoms with van der Waals surface area (Å²) >= 11 is 1.85. The van der Waals surface area contributed by atoms with Gasteiger partial charge in [-0.2, -0.15) is 0 Å². The second kappa shape index (κ2) is 11.9. The van der Waals surface area contributed by atoms with Crippen molar-refractivity contribution in [1.82, 2.24) is 24.1 Å². The van der Waals surface area contributed by atoms with Crippen LogP contribution < -0.4 is 0 Å². The van der Waals surface area contributed by atoms with Gasteiger partial charge in [0.05, 0.1) is 44.6 Å². The fraction of sp³-hybridized carbons (Fsp3) is 0.0192. The Morgan fingerprint density at radius 3 is 1.66 bits per heavy atom. The van der Waals surface area contributed by atoms with E-state index in [1.54, 1.807) is 0 Å². The van der Waals surface area contributed by atoms with E-state index >= 15 is 0 Å². The predicted octanol–water partition coefficient (Wildman–Crippen LogP) is 12.6. The highest BCUT2D eigenvalue weighted by atomic mass is 32.2. The first-order valence-corrected chi connectivity index (χ1v) is 20.4. The number of rotatable bonds is 3.